The van der Waals surface area contributed by atoms with Crippen molar-refractivity contribution in [2.24, 2.45) is 0 Å². The summed E-state index contributed by atoms with van der Waals surface area (Å²) in [5, 5.41) is 18.9. The van der Waals surface area contributed by atoms with Crippen LogP contribution in [0.4, 0.5) is 0 Å². The third kappa shape index (κ3) is 6.39. The molecule has 0 radical (unpaired) electrons. The highest BCUT2D eigenvalue weighted by Gasteiger charge is 2.29. The zero-order valence-corrected chi connectivity index (χ0v) is 19.4. The van der Waals surface area contributed by atoms with Crippen molar-refractivity contribution in [3.63, 3.8) is 0 Å². The molecule has 8 nitrogen and oxygen atoms in total. The molecule has 0 fully saturated rings. The van der Waals surface area contributed by atoms with Gasteiger partial charge in [-0.2, -0.15) is 0 Å². The van der Waals surface area contributed by atoms with Gasteiger partial charge in [-0.15, -0.1) is 0 Å². The highest BCUT2D eigenvalue weighted by Crippen LogP contribution is 2.38. The lowest BCUT2D eigenvalue weighted by Gasteiger charge is -2.20. The molecule has 2 rings (SSSR count). The first-order valence-electron chi connectivity index (χ1n) is 10.8. The van der Waals surface area contributed by atoms with Crippen molar-refractivity contribution in [3.8, 4) is 23.0 Å². The Morgan fingerprint density at radius 2 is 1.71 bits per heavy atom. The summed E-state index contributed by atoms with van der Waals surface area (Å²) in [6, 6.07) is 7.70. The molecule has 0 aromatic heterocycles. The Balaban J connectivity index is 2.70. The number of hydrogen-bond acceptors (Lipinski definition) is 7. The minimum atomic E-state index is -1.07. The fourth-order valence-corrected chi connectivity index (χ4v) is 3.39. The Labute approximate surface area is 199 Å². The number of carbonyl (C=O) groups is 2. The monoisotopic (exact) mass is 470 g/mol. The van der Waals surface area contributed by atoms with Crippen LogP contribution in [0.3, 0.4) is 0 Å². The van der Waals surface area contributed by atoms with Gasteiger partial charge >= 0.3 is 5.97 Å². The predicted octanol–water partition coefficient (Wildman–Crippen LogP) is 4.01. The Kier molecular flexibility index (Phi) is 10.2. The van der Waals surface area contributed by atoms with Crippen molar-refractivity contribution < 1.29 is 38.7 Å². The van der Waals surface area contributed by atoms with Crippen LogP contribution < -0.4 is 18.9 Å². The number of carbonyl (C=O) groups excluding carboxylic acids is 1. The van der Waals surface area contributed by atoms with Gasteiger partial charge in [0, 0.05) is 11.6 Å². The smallest absolute Gasteiger partial charge is 0.310 e. The molecule has 0 aliphatic heterocycles. The maximum absolute atomic E-state index is 13.7. The SMILES string of the molecule is C=CCOc1cc(OCC=C)c(C(=O)c2ccc(OCCO)c(OC)c2)c(C(CC)C(=O)O)c1. The normalized spacial score (nSPS) is 11.3. The maximum Gasteiger partial charge on any atom is 0.310 e. The van der Waals surface area contributed by atoms with Gasteiger partial charge in [-0.1, -0.05) is 32.2 Å². The largest absolute Gasteiger partial charge is 0.493 e. The summed E-state index contributed by atoms with van der Waals surface area (Å²) in [5.74, 6) is -1.29. The summed E-state index contributed by atoms with van der Waals surface area (Å²) in [6.45, 7) is 9.18. The number of rotatable bonds is 15. The van der Waals surface area contributed by atoms with E-state index in [1.165, 1.54) is 19.3 Å². The second-order valence-electron chi connectivity index (χ2n) is 7.15. The molecule has 1 atom stereocenters. The summed E-state index contributed by atoms with van der Waals surface area (Å²) in [5.41, 5.74) is 0.645. The molecule has 8 heteroatoms. The molecule has 0 saturated heterocycles. The van der Waals surface area contributed by atoms with E-state index >= 15 is 0 Å². The number of methoxy groups -OCH3 is 1. The fraction of sp³-hybridized carbons (Fsp3) is 0.308. The van der Waals surface area contributed by atoms with E-state index in [4.69, 9.17) is 24.1 Å². The third-order valence-corrected chi connectivity index (χ3v) is 4.91. The van der Waals surface area contributed by atoms with Crippen LogP contribution in [0.2, 0.25) is 0 Å². The van der Waals surface area contributed by atoms with Crippen LogP contribution in [0.15, 0.2) is 55.6 Å². The minimum Gasteiger partial charge on any atom is -0.493 e. The van der Waals surface area contributed by atoms with Crippen molar-refractivity contribution >= 4 is 11.8 Å². The lowest BCUT2D eigenvalue weighted by Crippen LogP contribution is -2.17. The van der Waals surface area contributed by atoms with Crippen molar-refractivity contribution in [1.82, 2.24) is 0 Å². The summed E-state index contributed by atoms with van der Waals surface area (Å²) >= 11 is 0. The molecule has 2 aromatic rings. The zero-order chi connectivity index (χ0) is 25.1. The molecule has 0 bridgehead atoms. The number of aliphatic carboxylic acids is 1. The number of ketones is 1. The van der Waals surface area contributed by atoms with E-state index in [9.17, 15) is 14.7 Å². The Bertz CT molecular complexity index is 1030. The minimum absolute atomic E-state index is 0.0658. The molecule has 0 saturated carbocycles. The van der Waals surface area contributed by atoms with Crippen LogP contribution in [-0.4, -0.2) is 55.5 Å². The first-order chi connectivity index (χ1) is 16.4. The van der Waals surface area contributed by atoms with E-state index in [0.717, 1.165) is 0 Å². The standard InChI is InChI=1S/C26H30O8/c1-5-11-32-18-15-20(19(7-3)26(29)30)24(23(16-18)33-12-6-2)25(28)17-8-9-21(34-13-10-27)22(14-17)31-4/h5-6,8-9,14-16,19,27H,1-2,7,10-13H2,3-4H3,(H,29,30). The van der Waals surface area contributed by atoms with E-state index in [0.29, 0.717) is 17.2 Å². The average molecular weight is 471 g/mol. The quantitative estimate of drug-likeness (QED) is 0.297. The molecular weight excluding hydrogens is 440 g/mol. The van der Waals surface area contributed by atoms with E-state index in [2.05, 4.69) is 13.2 Å². The number of hydrogen-bond donors (Lipinski definition) is 2. The number of benzene rings is 2. The highest BCUT2D eigenvalue weighted by atomic mass is 16.5. The van der Waals surface area contributed by atoms with Crippen LogP contribution in [0.1, 0.15) is 40.7 Å². The second kappa shape index (κ2) is 13.1. The number of ether oxygens (including phenoxy) is 4. The Morgan fingerprint density at radius 1 is 1.00 bits per heavy atom. The molecule has 34 heavy (non-hydrogen) atoms. The van der Waals surface area contributed by atoms with E-state index in [1.54, 1.807) is 37.3 Å². The van der Waals surface area contributed by atoms with Gasteiger partial charge in [0.1, 0.15) is 31.3 Å². The van der Waals surface area contributed by atoms with Gasteiger partial charge in [-0.3, -0.25) is 9.59 Å². The Morgan fingerprint density at radius 3 is 2.29 bits per heavy atom. The van der Waals surface area contributed by atoms with Crippen molar-refractivity contribution in [2.45, 2.75) is 19.3 Å². The molecule has 0 aliphatic rings. The lowest BCUT2D eigenvalue weighted by atomic mass is 9.87. The zero-order valence-electron chi connectivity index (χ0n) is 19.4. The molecular formula is C26H30O8. The van der Waals surface area contributed by atoms with Gasteiger partial charge in [0.15, 0.2) is 17.3 Å². The van der Waals surface area contributed by atoms with Crippen LogP contribution in [0.5, 0.6) is 23.0 Å². The molecule has 0 spiro atoms. The number of aliphatic hydroxyl groups is 1. The van der Waals surface area contributed by atoms with E-state index in [-0.39, 0.29) is 55.3 Å². The van der Waals surface area contributed by atoms with Crippen LogP contribution in [0, 0.1) is 0 Å². The van der Waals surface area contributed by atoms with Crippen LogP contribution >= 0.6 is 0 Å². The molecule has 2 N–H and O–H groups in total. The predicted molar refractivity (Wildman–Crippen MR) is 128 cm³/mol. The summed E-state index contributed by atoms with van der Waals surface area (Å²) in [4.78, 5) is 25.8. The number of carboxylic acids is 1. The van der Waals surface area contributed by atoms with Crippen LogP contribution in [0.25, 0.3) is 0 Å². The average Bonchev–Trinajstić information content (AvgIpc) is 2.84. The van der Waals surface area contributed by atoms with Crippen molar-refractivity contribution in [1.29, 1.82) is 0 Å². The van der Waals surface area contributed by atoms with Gasteiger partial charge in [0.05, 0.1) is 25.2 Å². The van der Waals surface area contributed by atoms with E-state index in [1.807, 2.05) is 0 Å². The third-order valence-electron chi connectivity index (χ3n) is 4.91. The second-order valence-corrected chi connectivity index (χ2v) is 7.15. The summed E-state index contributed by atoms with van der Waals surface area (Å²) in [6.07, 6.45) is 3.33. The first-order valence-corrected chi connectivity index (χ1v) is 10.8. The van der Waals surface area contributed by atoms with Gasteiger partial charge in [0.25, 0.3) is 0 Å². The number of carboxylic acid groups (broad SMARTS) is 1. The van der Waals surface area contributed by atoms with Crippen molar-refractivity contribution in [2.75, 3.05) is 33.5 Å². The molecule has 182 valence electrons. The van der Waals surface area contributed by atoms with Gasteiger partial charge < -0.3 is 29.2 Å². The van der Waals surface area contributed by atoms with Gasteiger partial charge in [-0.25, -0.2) is 0 Å². The molecule has 2 aromatic carbocycles. The first kappa shape index (κ1) is 26.5. The topological polar surface area (TPSA) is 112 Å². The number of aliphatic hydroxyl groups excluding tert-OH is 1. The molecule has 0 heterocycles. The van der Waals surface area contributed by atoms with Crippen molar-refractivity contribution in [3.05, 3.63) is 72.3 Å². The fourth-order valence-electron chi connectivity index (χ4n) is 3.39. The summed E-state index contributed by atoms with van der Waals surface area (Å²) in [7, 11) is 1.43. The van der Waals surface area contributed by atoms with Crippen LogP contribution in [-0.2, 0) is 4.79 Å². The molecule has 1 unspecified atom stereocenters. The Hall–Kier alpha value is -3.78. The molecule has 0 amide bonds. The highest BCUT2D eigenvalue weighted by molar-refractivity contribution is 6.12. The van der Waals surface area contributed by atoms with Gasteiger partial charge in [-0.05, 0) is 36.2 Å². The lowest BCUT2D eigenvalue weighted by molar-refractivity contribution is -0.138. The van der Waals surface area contributed by atoms with E-state index < -0.39 is 17.7 Å². The van der Waals surface area contributed by atoms with Gasteiger partial charge in [0.2, 0.25) is 0 Å². The molecule has 0 aliphatic carbocycles. The maximum atomic E-state index is 13.7. The summed E-state index contributed by atoms with van der Waals surface area (Å²) < 4.78 is 22.2.